The van der Waals surface area contributed by atoms with Crippen molar-refractivity contribution in [1.82, 2.24) is 24.7 Å². The second kappa shape index (κ2) is 5.97. The molecule has 90 valence electrons. The van der Waals surface area contributed by atoms with Gasteiger partial charge in [-0.05, 0) is 6.42 Å². The molecule has 0 spiro atoms. The highest BCUT2D eigenvalue weighted by Gasteiger charge is 2.10. The number of thioether (sulfide) groups is 1. The van der Waals surface area contributed by atoms with Gasteiger partial charge in [0.1, 0.15) is 6.33 Å². The van der Waals surface area contributed by atoms with Gasteiger partial charge in [-0.1, -0.05) is 11.8 Å². The van der Waals surface area contributed by atoms with Crippen LogP contribution in [0, 0.1) is 0 Å². The van der Waals surface area contributed by atoms with E-state index in [0.717, 1.165) is 28.7 Å². The Balaban J connectivity index is 2.15. The quantitative estimate of drug-likeness (QED) is 0.472. The molecule has 2 aromatic heterocycles. The van der Waals surface area contributed by atoms with Crippen molar-refractivity contribution in [2.75, 3.05) is 11.6 Å². The highest BCUT2D eigenvalue weighted by atomic mass is 35.5. The highest BCUT2D eigenvalue weighted by Crippen LogP contribution is 2.21. The molecule has 0 N–H and O–H groups in total. The molecule has 7 heteroatoms. The first kappa shape index (κ1) is 12.3. The molecule has 0 aliphatic heterocycles. The van der Waals surface area contributed by atoms with E-state index in [2.05, 4.69) is 20.2 Å². The van der Waals surface area contributed by atoms with Crippen LogP contribution in [0.5, 0.6) is 0 Å². The number of hydrogen-bond acceptors (Lipinski definition) is 5. The Morgan fingerprint density at radius 3 is 2.76 bits per heavy atom. The van der Waals surface area contributed by atoms with Crippen molar-refractivity contribution < 1.29 is 0 Å². The van der Waals surface area contributed by atoms with Gasteiger partial charge in [-0.3, -0.25) is 0 Å². The number of rotatable bonds is 5. The molecular formula is C10H12ClN5S. The van der Waals surface area contributed by atoms with Crippen LogP contribution >= 0.6 is 23.4 Å². The zero-order chi connectivity index (χ0) is 12.1. The Morgan fingerprint density at radius 1 is 1.29 bits per heavy atom. The van der Waals surface area contributed by atoms with Crippen LogP contribution in [-0.4, -0.2) is 36.4 Å². The fourth-order valence-corrected chi connectivity index (χ4v) is 2.47. The van der Waals surface area contributed by atoms with Crippen LogP contribution < -0.4 is 0 Å². The number of nitrogens with zero attached hydrogens (tertiary/aromatic N) is 5. The summed E-state index contributed by atoms with van der Waals surface area (Å²) in [7, 11) is 1.94. The van der Waals surface area contributed by atoms with Crippen LogP contribution in [0.25, 0.3) is 11.4 Å². The zero-order valence-electron chi connectivity index (χ0n) is 9.38. The summed E-state index contributed by atoms with van der Waals surface area (Å²) in [5.41, 5.74) is 0.867. The van der Waals surface area contributed by atoms with E-state index in [9.17, 15) is 0 Å². The Labute approximate surface area is 109 Å². The van der Waals surface area contributed by atoms with E-state index in [1.807, 2.05) is 11.6 Å². The summed E-state index contributed by atoms with van der Waals surface area (Å²) < 4.78 is 1.94. The fourth-order valence-electron chi connectivity index (χ4n) is 1.32. The monoisotopic (exact) mass is 269 g/mol. The minimum Gasteiger partial charge on any atom is -0.305 e. The predicted molar refractivity (Wildman–Crippen MR) is 68.1 cm³/mol. The van der Waals surface area contributed by atoms with Crippen molar-refractivity contribution in [3.8, 4) is 11.4 Å². The van der Waals surface area contributed by atoms with Crippen molar-refractivity contribution in [3.63, 3.8) is 0 Å². The Kier molecular flexibility index (Phi) is 4.33. The van der Waals surface area contributed by atoms with Gasteiger partial charge >= 0.3 is 0 Å². The number of aromatic nitrogens is 5. The standard InChI is InChI=1S/C10H12ClN5S/c1-16-9(8-5-12-7-13-6-8)14-15-10(16)17-4-2-3-11/h5-7H,2-4H2,1H3. The smallest absolute Gasteiger partial charge is 0.191 e. The van der Waals surface area contributed by atoms with E-state index in [4.69, 9.17) is 11.6 Å². The molecule has 0 radical (unpaired) electrons. The van der Waals surface area contributed by atoms with Crippen LogP contribution in [0.1, 0.15) is 6.42 Å². The van der Waals surface area contributed by atoms with Gasteiger partial charge in [0.2, 0.25) is 0 Å². The Bertz CT molecular complexity index is 473. The summed E-state index contributed by atoms with van der Waals surface area (Å²) in [6.07, 6.45) is 5.91. The van der Waals surface area contributed by atoms with Gasteiger partial charge in [0.25, 0.3) is 0 Å². The number of hydrogen-bond donors (Lipinski definition) is 0. The van der Waals surface area contributed by atoms with Gasteiger partial charge in [-0.25, -0.2) is 9.97 Å². The lowest BCUT2D eigenvalue weighted by Gasteiger charge is -2.02. The van der Waals surface area contributed by atoms with Crippen molar-refractivity contribution >= 4 is 23.4 Å². The maximum atomic E-state index is 5.64. The average Bonchev–Trinajstić information content (AvgIpc) is 2.73. The predicted octanol–water partition coefficient (Wildman–Crippen LogP) is 1.99. The molecule has 0 bridgehead atoms. The Morgan fingerprint density at radius 2 is 2.06 bits per heavy atom. The van der Waals surface area contributed by atoms with Crippen molar-refractivity contribution in [1.29, 1.82) is 0 Å². The highest BCUT2D eigenvalue weighted by molar-refractivity contribution is 7.99. The van der Waals surface area contributed by atoms with Gasteiger partial charge in [0.05, 0.1) is 5.56 Å². The maximum Gasteiger partial charge on any atom is 0.191 e. The first-order valence-electron chi connectivity index (χ1n) is 5.16. The molecule has 0 fully saturated rings. The van der Waals surface area contributed by atoms with E-state index in [0.29, 0.717) is 5.88 Å². The molecule has 0 aliphatic rings. The van der Waals surface area contributed by atoms with Crippen molar-refractivity contribution in [2.24, 2.45) is 7.05 Å². The fraction of sp³-hybridized carbons (Fsp3) is 0.400. The van der Waals surface area contributed by atoms with Gasteiger partial charge in [-0.2, -0.15) is 0 Å². The third-order valence-electron chi connectivity index (χ3n) is 2.16. The lowest BCUT2D eigenvalue weighted by molar-refractivity contribution is 0.792. The lowest BCUT2D eigenvalue weighted by Crippen LogP contribution is -1.96. The summed E-state index contributed by atoms with van der Waals surface area (Å²) in [4.78, 5) is 7.94. The minimum atomic E-state index is 0.671. The summed E-state index contributed by atoms with van der Waals surface area (Å²) in [5.74, 6) is 2.39. The molecule has 17 heavy (non-hydrogen) atoms. The Hall–Kier alpha value is -1.14. The summed E-state index contributed by atoms with van der Waals surface area (Å²) >= 11 is 7.29. The molecule has 0 amide bonds. The van der Waals surface area contributed by atoms with Crippen molar-refractivity contribution in [3.05, 3.63) is 18.7 Å². The molecule has 0 atom stereocenters. The molecule has 0 aromatic carbocycles. The van der Waals surface area contributed by atoms with Crippen LogP contribution in [0.3, 0.4) is 0 Å². The van der Waals surface area contributed by atoms with Gasteiger partial charge in [-0.15, -0.1) is 21.8 Å². The van der Waals surface area contributed by atoms with Crippen LogP contribution in [-0.2, 0) is 7.05 Å². The molecule has 0 saturated carbocycles. The molecule has 2 aromatic rings. The van der Waals surface area contributed by atoms with Crippen molar-refractivity contribution in [2.45, 2.75) is 11.6 Å². The molecule has 2 heterocycles. The summed E-state index contributed by atoms with van der Waals surface area (Å²) in [6.45, 7) is 0. The summed E-state index contributed by atoms with van der Waals surface area (Å²) in [5, 5.41) is 9.17. The lowest BCUT2D eigenvalue weighted by atomic mass is 10.3. The van der Waals surface area contributed by atoms with Gasteiger partial charge < -0.3 is 4.57 Å². The summed E-state index contributed by atoms with van der Waals surface area (Å²) in [6, 6.07) is 0. The first-order chi connectivity index (χ1) is 8.33. The molecule has 0 aliphatic carbocycles. The molecule has 2 rings (SSSR count). The molecule has 0 unspecified atom stereocenters. The topological polar surface area (TPSA) is 56.5 Å². The number of alkyl halides is 1. The molecule has 0 saturated heterocycles. The SMILES string of the molecule is Cn1c(SCCCCl)nnc1-c1cncnc1. The van der Waals surface area contributed by atoms with E-state index < -0.39 is 0 Å². The van der Waals surface area contributed by atoms with E-state index in [-0.39, 0.29) is 0 Å². The van der Waals surface area contributed by atoms with Crippen LogP contribution in [0.15, 0.2) is 23.9 Å². The second-order valence-electron chi connectivity index (χ2n) is 3.38. The maximum absolute atomic E-state index is 5.64. The van der Waals surface area contributed by atoms with Gasteiger partial charge in [0.15, 0.2) is 11.0 Å². The van der Waals surface area contributed by atoms with E-state index >= 15 is 0 Å². The number of halogens is 1. The minimum absolute atomic E-state index is 0.671. The molecule has 5 nitrogen and oxygen atoms in total. The normalized spacial score (nSPS) is 10.7. The zero-order valence-corrected chi connectivity index (χ0v) is 10.9. The van der Waals surface area contributed by atoms with E-state index in [1.165, 1.54) is 6.33 Å². The second-order valence-corrected chi connectivity index (χ2v) is 4.82. The first-order valence-corrected chi connectivity index (χ1v) is 6.68. The largest absolute Gasteiger partial charge is 0.305 e. The third-order valence-corrected chi connectivity index (χ3v) is 3.54. The van der Waals surface area contributed by atoms with Crippen LogP contribution in [0.2, 0.25) is 0 Å². The van der Waals surface area contributed by atoms with Crippen LogP contribution in [0.4, 0.5) is 0 Å². The third kappa shape index (κ3) is 2.95. The average molecular weight is 270 g/mol. The van der Waals surface area contributed by atoms with E-state index in [1.54, 1.807) is 24.2 Å². The molecular weight excluding hydrogens is 258 g/mol. The van der Waals surface area contributed by atoms with Gasteiger partial charge in [0, 0.05) is 31.1 Å².